The number of rotatable bonds is 2. The predicted octanol–water partition coefficient (Wildman–Crippen LogP) is 2.41. The molecule has 0 aromatic carbocycles. The highest BCUT2D eigenvalue weighted by Gasteiger charge is 2.36. The smallest absolute Gasteiger partial charge is 0.354 e. The van der Waals surface area contributed by atoms with Gasteiger partial charge in [0.1, 0.15) is 11.6 Å². The highest BCUT2D eigenvalue weighted by atomic mass is 19.4. The van der Waals surface area contributed by atoms with E-state index in [4.69, 9.17) is 5.84 Å². The normalized spacial score (nSPS) is 23.8. The lowest BCUT2D eigenvalue weighted by Crippen LogP contribution is -2.41. The summed E-state index contributed by atoms with van der Waals surface area (Å²) in [5.74, 6) is 4.81. The van der Waals surface area contributed by atoms with Crippen molar-refractivity contribution in [3.8, 4) is 0 Å². The third-order valence-electron chi connectivity index (χ3n) is 3.55. The zero-order valence-electron chi connectivity index (χ0n) is 11.4. The first-order valence-electron chi connectivity index (χ1n) is 6.50. The number of nitrogens with two attached hydrogens (primary N) is 1. The van der Waals surface area contributed by atoms with E-state index in [0.29, 0.717) is 12.5 Å². The van der Waals surface area contributed by atoms with Crippen LogP contribution in [0.1, 0.15) is 32.5 Å². The number of nitrogens with one attached hydrogen (secondary N) is 1. The van der Waals surface area contributed by atoms with E-state index in [1.165, 1.54) is 6.07 Å². The summed E-state index contributed by atoms with van der Waals surface area (Å²) in [6.45, 7) is 4.81. The molecule has 2 rings (SSSR count). The molecule has 0 saturated carbocycles. The van der Waals surface area contributed by atoms with Crippen LogP contribution >= 0.6 is 0 Å². The van der Waals surface area contributed by atoms with Crippen molar-refractivity contribution < 1.29 is 13.2 Å². The third kappa shape index (κ3) is 3.12. The van der Waals surface area contributed by atoms with Crippen molar-refractivity contribution in [3.63, 3.8) is 0 Å². The van der Waals surface area contributed by atoms with Crippen molar-refractivity contribution >= 4 is 11.6 Å². The van der Waals surface area contributed by atoms with E-state index in [1.54, 1.807) is 0 Å². The van der Waals surface area contributed by atoms with Crippen LogP contribution in [-0.2, 0) is 6.18 Å². The number of hydrogen-bond acceptors (Lipinski definition) is 5. The molecule has 112 valence electrons. The maximum absolute atomic E-state index is 12.8. The molecule has 1 aromatic heterocycles. The van der Waals surface area contributed by atoms with Gasteiger partial charge < -0.3 is 10.3 Å². The Morgan fingerprint density at radius 2 is 2.05 bits per heavy atom. The summed E-state index contributed by atoms with van der Waals surface area (Å²) in [6.07, 6.45) is -2.73. The first kappa shape index (κ1) is 14.8. The van der Waals surface area contributed by atoms with Gasteiger partial charge in [-0.25, -0.2) is 15.8 Å². The van der Waals surface area contributed by atoms with Crippen LogP contribution in [0.2, 0.25) is 0 Å². The molecule has 2 heterocycles. The molecule has 1 aliphatic rings. The van der Waals surface area contributed by atoms with Crippen LogP contribution in [0.3, 0.4) is 0 Å². The van der Waals surface area contributed by atoms with Crippen LogP contribution in [0, 0.1) is 5.92 Å². The van der Waals surface area contributed by atoms with Crippen LogP contribution in [0.15, 0.2) is 6.07 Å². The van der Waals surface area contributed by atoms with Crippen molar-refractivity contribution in [2.45, 2.75) is 38.9 Å². The predicted molar refractivity (Wildman–Crippen MR) is 70.1 cm³/mol. The van der Waals surface area contributed by atoms with E-state index in [9.17, 15) is 13.2 Å². The van der Waals surface area contributed by atoms with Gasteiger partial charge in [-0.15, -0.1) is 0 Å². The molecule has 1 aliphatic heterocycles. The fourth-order valence-electron chi connectivity index (χ4n) is 2.53. The number of halogens is 3. The number of alkyl halides is 3. The van der Waals surface area contributed by atoms with Crippen LogP contribution in [0.5, 0.6) is 0 Å². The minimum atomic E-state index is -4.59. The summed E-state index contributed by atoms with van der Waals surface area (Å²) >= 11 is 0. The number of hydrazine groups is 1. The van der Waals surface area contributed by atoms with Gasteiger partial charge in [0.25, 0.3) is 0 Å². The second kappa shape index (κ2) is 5.43. The largest absolute Gasteiger partial charge is 0.451 e. The summed E-state index contributed by atoms with van der Waals surface area (Å²) in [4.78, 5) is 8.88. The van der Waals surface area contributed by atoms with Gasteiger partial charge in [0.05, 0.1) is 0 Å². The van der Waals surface area contributed by atoms with Crippen LogP contribution in [0.4, 0.5) is 24.8 Å². The highest BCUT2D eigenvalue weighted by molar-refractivity contribution is 5.50. The Hall–Kier alpha value is -1.57. The van der Waals surface area contributed by atoms with Crippen LogP contribution in [-0.4, -0.2) is 22.6 Å². The number of hydrogen-bond donors (Lipinski definition) is 2. The molecule has 0 aliphatic carbocycles. The zero-order chi connectivity index (χ0) is 14.9. The minimum Gasteiger partial charge on any atom is -0.354 e. The molecule has 5 nitrogen and oxygen atoms in total. The second-order valence-corrected chi connectivity index (χ2v) is 5.25. The Kier molecular flexibility index (Phi) is 4.03. The van der Waals surface area contributed by atoms with Crippen molar-refractivity contribution in [2.24, 2.45) is 11.8 Å². The fourth-order valence-corrected chi connectivity index (χ4v) is 2.53. The Balaban J connectivity index is 2.36. The summed E-state index contributed by atoms with van der Waals surface area (Å²) in [7, 11) is 0. The van der Waals surface area contributed by atoms with Gasteiger partial charge in [0.2, 0.25) is 5.82 Å². The number of aromatic nitrogens is 2. The van der Waals surface area contributed by atoms with Crippen LogP contribution < -0.4 is 16.2 Å². The molecule has 0 spiro atoms. The number of anilines is 2. The van der Waals surface area contributed by atoms with Crippen molar-refractivity contribution in [2.75, 3.05) is 16.9 Å². The molecular weight excluding hydrogens is 271 g/mol. The van der Waals surface area contributed by atoms with Crippen molar-refractivity contribution in [1.29, 1.82) is 0 Å². The Bertz CT molecular complexity index is 477. The summed E-state index contributed by atoms with van der Waals surface area (Å²) in [5, 5.41) is 0. The van der Waals surface area contributed by atoms with Gasteiger partial charge in [0.15, 0.2) is 0 Å². The Labute approximate surface area is 115 Å². The van der Waals surface area contributed by atoms with Gasteiger partial charge >= 0.3 is 6.18 Å². The first-order valence-corrected chi connectivity index (χ1v) is 6.50. The lowest BCUT2D eigenvalue weighted by Gasteiger charge is -2.37. The average Bonchev–Trinajstić information content (AvgIpc) is 2.37. The molecule has 2 unspecified atom stereocenters. The number of nitrogens with zero attached hydrogens (tertiary/aromatic N) is 3. The number of nitrogen functional groups attached to an aromatic ring is 1. The van der Waals surface area contributed by atoms with E-state index in [0.717, 1.165) is 12.8 Å². The van der Waals surface area contributed by atoms with Crippen LogP contribution in [0.25, 0.3) is 0 Å². The molecule has 2 atom stereocenters. The lowest BCUT2D eigenvalue weighted by molar-refractivity contribution is -0.144. The van der Waals surface area contributed by atoms with Gasteiger partial charge in [0, 0.05) is 18.7 Å². The van der Waals surface area contributed by atoms with Gasteiger partial charge in [-0.05, 0) is 25.7 Å². The molecule has 8 heteroatoms. The molecule has 1 fully saturated rings. The molecule has 1 aromatic rings. The summed E-state index contributed by atoms with van der Waals surface area (Å²) in [5.41, 5.74) is 2.16. The van der Waals surface area contributed by atoms with Gasteiger partial charge in [-0.2, -0.15) is 13.2 Å². The van der Waals surface area contributed by atoms with E-state index in [2.05, 4.69) is 22.3 Å². The molecule has 1 saturated heterocycles. The highest BCUT2D eigenvalue weighted by Crippen LogP contribution is 2.32. The summed E-state index contributed by atoms with van der Waals surface area (Å²) in [6, 6.07) is 1.59. The zero-order valence-corrected chi connectivity index (χ0v) is 11.4. The summed E-state index contributed by atoms with van der Waals surface area (Å²) < 4.78 is 38.4. The quantitative estimate of drug-likeness (QED) is 0.646. The maximum Gasteiger partial charge on any atom is 0.451 e. The van der Waals surface area contributed by atoms with E-state index < -0.39 is 12.0 Å². The molecular formula is C12H18F3N5. The monoisotopic (exact) mass is 289 g/mol. The fraction of sp³-hybridized carbons (Fsp3) is 0.667. The van der Waals surface area contributed by atoms with Gasteiger partial charge in [-0.3, -0.25) is 0 Å². The lowest BCUT2D eigenvalue weighted by atomic mass is 9.93. The molecule has 0 bridgehead atoms. The Morgan fingerprint density at radius 3 is 2.60 bits per heavy atom. The first-order chi connectivity index (χ1) is 9.31. The minimum absolute atomic E-state index is 0.0341. The van der Waals surface area contributed by atoms with E-state index in [-0.39, 0.29) is 17.7 Å². The van der Waals surface area contributed by atoms with Crippen molar-refractivity contribution in [1.82, 2.24) is 9.97 Å². The van der Waals surface area contributed by atoms with Gasteiger partial charge in [-0.1, -0.05) is 6.92 Å². The average molecular weight is 289 g/mol. The topological polar surface area (TPSA) is 67.1 Å². The third-order valence-corrected chi connectivity index (χ3v) is 3.55. The molecule has 0 radical (unpaired) electrons. The van der Waals surface area contributed by atoms with Crippen molar-refractivity contribution in [3.05, 3.63) is 11.9 Å². The standard InChI is InChI=1S/C12H18F3N5/c1-7-3-4-20(8(2)5-7)10-6-9(19-16)17-11(18-10)12(13,14)15/h6-8H,3-5,16H2,1-2H3,(H,17,18,19). The molecule has 3 N–H and O–H groups in total. The van der Waals surface area contributed by atoms with E-state index in [1.807, 2.05) is 11.8 Å². The maximum atomic E-state index is 12.8. The second-order valence-electron chi connectivity index (χ2n) is 5.25. The van der Waals surface area contributed by atoms with E-state index >= 15 is 0 Å². The Morgan fingerprint density at radius 1 is 1.35 bits per heavy atom. The number of piperidine rings is 1. The molecule has 0 amide bonds. The SMILES string of the molecule is CC1CCN(c2cc(NN)nc(C(F)(F)F)n2)C(C)C1. The molecule has 20 heavy (non-hydrogen) atoms.